The van der Waals surface area contributed by atoms with E-state index < -0.39 is 5.97 Å². The molecule has 0 heterocycles. The summed E-state index contributed by atoms with van der Waals surface area (Å²) >= 11 is 0. The Kier molecular flexibility index (Phi) is 3.29. The van der Waals surface area contributed by atoms with E-state index in [1.165, 1.54) is 13.2 Å². The summed E-state index contributed by atoms with van der Waals surface area (Å²) in [7, 11) is 1.28. The van der Waals surface area contributed by atoms with Crippen molar-refractivity contribution >= 4 is 5.97 Å². The third-order valence-corrected chi connectivity index (χ3v) is 1.85. The molecule has 0 aromatic heterocycles. The van der Waals surface area contributed by atoms with Crippen LogP contribution in [0.4, 0.5) is 0 Å². The second-order valence-corrected chi connectivity index (χ2v) is 2.84. The molecule has 0 aliphatic carbocycles. The highest BCUT2D eigenvalue weighted by Gasteiger charge is 2.11. The molecule has 3 nitrogen and oxygen atoms in total. The van der Waals surface area contributed by atoms with Gasteiger partial charge in [-0.2, -0.15) is 0 Å². The molecule has 0 bridgehead atoms. The van der Waals surface area contributed by atoms with Gasteiger partial charge < -0.3 is 9.84 Å². The Bertz CT molecular complexity index is 356. The van der Waals surface area contributed by atoms with Crippen molar-refractivity contribution < 1.29 is 14.6 Å². The number of phenolic OH excluding ortho intramolecular Hbond substituents is 1. The number of hydrogen-bond donors (Lipinski definition) is 1. The summed E-state index contributed by atoms with van der Waals surface area (Å²) in [6, 6.07) is 4.82. The van der Waals surface area contributed by atoms with E-state index in [1.807, 2.05) is 0 Å². The van der Waals surface area contributed by atoms with E-state index in [0.717, 1.165) is 5.56 Å². The Balaban J connectivity index is 3.07. The molecular weight excluding hydrogens is 180 g/mol. The second-order valence-electron chi connectivity index (χ2n) is 2.84. The van der Waals surface area contributed by atoms with Crippen LogP contribution in [0.3, 0.4) is 0 Å². The van der Waals surface area contributed by atoms with Crippen molar-refractivity contribution in [1.29, 1.82) is 0 Å². The van der Waals surface area contributed by atoms with Gasteiger partial charge in [-0.25, -0.2) is 4.79 Å². The van der Waals surface area contributed by atoms with E-state index in [4.69, 9.17) is 0 Å². The number of benzene rings is 1. The van der Waals surface area contributed by atoms with Crippen LogP contribution >= 0.6 is 0 Å². The van der Waals surface area contributed by atoms with Crippen molar-refractivity contribution in [3.63, 3.8) is 0 Å². The summed E-state index contributed by atoms with van der Waals surface area (Å²) in [6.07, 6.45) is 2.39. The fourth-order valence-electron chi connectivity index (χ4n) is 1.15. The number of rotatable bonds is 3. The first-order valence-electron chi connectivity index (χ1n) is 4.20. The lowest BCUT2D eigenvalue weighted by Gasteiger charge is -2.04. The highest BCUT2D eigenvalue weighted by Crippen LogP contribution is 2.19. The summed E-state index contributed by atoms with van der Waals surface area (Å²) in [5, 5.41) is 9.38. The molecule has 3 heteroatoms. The van der Waals surface area contributed by atoms with E-state index >= 15 is 0 Å². The van der Waals surface area contributed by atoms with Crippen LogP contribution in [0.25, 0.3) is 0 Å². The van der Waals surface area contributed by atoms with Gasteiger partial charge in [0.1, 0.15) is 11.3 Å². The summed E-state index contributed by atoms with van der Waals surface area (Å²) in [5.74, 6) is -0.599. The van der Waals surface area contributed by atoms with Gasteiger partial charge in [0.05, 0.1) is 7.11 Å². The van der Waals surface area contributed by atoms with Gasteiger partial charge >= 0.3 is 5.97 Å². The predicted molar refractivity (Wildman–Crippen MR) is 53.3 cm³/mol. The number of esters is 1. The number of allylic oxidation sites excluding steroid dienone is 1. The molecule has 0 radical (unpaired) electrons. The third-order valence-electron chi connectivity index (χ3n) is 1.85. The van der Waals surface area contributed by atoms with Crippen LogP contribution in [-0.4, -0.2) is 18.2 Å². The molecule has 1 N–H and O–H groups in total. The van der Waals surface area contributed by atoms with Gasteiger partial charge in [-0.1, -0.05) is 12.1 Å². The summed E-state index contributed by atoms with van der Waals surface area (Å²) in [4.78, 5) is 11.2. The minimum atomic E-state index is -0.534. The predicted octanol–water partition coefficient (Wildman–Crippen LogP) is 1.91. The maximum atomic E-state index is 11.2. The molecule has 1 rings (SSSR count). The first-order valence-corrected chi connectivity index (χ1v) is 4.20. The topological polar surface area (TPSA) is 46.5 Å². The normalized spacial score (nSPS) is 9.50. The standard InChI is InChI=1S/C11H12O3/c1-3-4-8-5-6-10(12)9(7-8)11(13)14-2/h3,5-7,12H,1,4H2,2H3. The molecular formula is C11H12O3. The highest BCUT2D eigenvalue weighted by molar-refractivity contribution is 5.92. The first-order chi connectivity index (χ1) is 6.69. The first kappa shape index (κ1) is 10.3. The molecule has 0 spiro atoms. The van der Waals surface area contributed by atoms with Gasteiger partial charge in [-0.3, -0.25) is 0 Å². The molecule has 1 aromatic carbocycles. The molecule has 0 saturated carbocycles. The Morgan fingerprint density at radius 1 is 1.64 bits per heavy atom. The minimum Gasteiger partial charge on any atom is -0.507 e. The van der Waals surface area contributed by atoms with E-state index in [9.17, 15) is 9.90 Å². The van der Waals surface area contributed by atoms with Crippen LogP contribution < -0.4 is 0 Å². The SMILES string of the molecule is C=CCc1ccc(O)c(C(=O)OC)c1. The van der Waals surface area contributed by atoms with Gasteiger partial charge in [0.2, 0.25) is 0 Å². The molecule has 0 unspecified atom stereocenters. The van der Waals surface area contributed by atoms with Crippen molar-refractivity contribution in [3.8, 4) is 5.75 Å². The molecule has 74 valence electrons. The zero-order valence-electron chi connectivity index (χ0n) is 7.99. The summed E-state index contributed by atoms with van der Waals surface area (Å²) in [6.45, 7) is 3.59. The van der Waals surface area contributed by atoms with Crippen molar-refractivity contribution in [2.75, 3.05) is 7.11 Å². The number of ether oxygens (including phenoxy) is 1. The molecule has 0 aliphatic heterocycles. The monoisotopic (exact) mass is 192 g/mol. The van der Waals surface area contributed by atoms with E-state index in [1.54, 1.807) is 18.2 Å². The van der Waals surface area contributed by atoms with Crippen LogP contribution in [0.5, 0.6) is 5.75 Å². The average Bonchev–Trinajstić information content (AvgIpc) is 2.20. The van der Waals surface area contributed by atoms with Gasteiger partial charge in [0, 0.05) is 0 Å². The van der Waals surface area contributed by atoms with E-state index in [-0.39, 0.29) is 11.3 Å². The summed E-state index contributed by atoms with van der Waals surface area (Å²) < 4.78 is 4.53. The van der Waals surface area contributed by atoms with Crippen molar-refractivity contribution in [3.05, 3.63) is 42.0 Å². The third kappa shape index (κ3) is 2.13. The number of phenols is 1. The quantitative estimate of drug-likeness (QED) is 0.587. The smallest absolute Gasteiger partial charge is 0.341 e. The van der Waals surface area contributed by atoms with Crippen molar-refractivity contribution in [1.82, 2.24) is 0 Å². The minimum absolute atomic E-state index is 0.0651. The van der Waals surface area contributed by atoms with Crippen LogP contribution in [0.2, 0.25) is 0 Å². The summed E-state index contributed by atoms with van der Waals surface area (Å²) in [5.41, 5.74) is 1.10. The van der Waals surface area contributed by atoms with E-state index in [2.05, 4.69) is 11.3 Å². The molecule has 0 saturated heterocycles. The average molecular weight is 192 g/mol. The number of methoxy groups -OCH3 is 1. The number of hydrogen-bond acceptors (Lipinski definition) is 3. The number of aromatic hydroxyl groups is 1. The fraction of sp³-hybridized carbons (Fsp3) is 0.182. The highest BCUT2D eigenvalue weighted by atomic mass is 16.5. The van der Waals surface area contributed by atoms with Crippen LogP contribution in [-0.2, 0) is 11.2 Å². The zero-order valence-corrected chi connectivity index (χ0v) is 7.99. The Morgan fingerprint density at radius 2 is 2.36 bits per heavy atom. The lowest BCUT2D eigenvalue weighted by atomic mass is 10.1. The van der Waals surface area contributed by atoms with Crippen molar-refractivity contribution in [2.24, 2.45) is 0 Å². The van der Waals surface area contributed by atoms with E-state index in [0.29, 0.717) is 6.42 Å². The van der Waals surface area contributed by atoms with Gasteiger partial charge in [-0.05, 0) is 24.1 Å². The Labute approximate surface area is 82.6 Å². The van der Waals surface area contributed by atoms with Gasteiger partial charge in [0.25, 0.3) is 0 Å². The van der Waals surface area contributed by atoms with Gasteiger partial charge in [-0.15, -0.1) is 6.58 Å². The largest absolute Gasteiger partial charge is 0.507 e. The fourth-order valence-corrected chi connectivity index (χ4v) is 1.15. The van der Waals surface area contributed by atoms with Crippen LogP contribution in [0.1, 0.15) is 15.9 Å². The second kappa shape index (κ2) is 4.46. The molecule has 0 fully saturated rings. The molecule has 14 heavy (non-hydrogen) atoms. The molecule has 0 amide bonds. The van der Waals surface area contributed by atoms with Crippen LogP contribution in [0, 0.1) is 0 Å². The molecule has 0 atom stereocenters. The Hall–Kier alpha value is -1.77. The Morgan fingerprint density at radius 3 is 2.93 bits per heavy atom. The number of carbonyl (C=O) groups is 1. The van der Waals surface area contributed by atoms with Gasteiger partial charge in [0.15, 0.2) is 0 Å². The lowest BCUT2D eigenvalue weighted by molar-refractivity contribution is 0.0597. The maximum absolute atomic E-state index is 11.2. The van der Waals surface area contributed by atoms with Crippen molar-refractivity contribution in [2.45, 2.75) is 6.42 Å². The lowest BCUT2D eigenvalue weighted by Crippen LogP contribution is -2.02. The number of carbonyl (C=O) groups excluding carboxylic acids is 1. The van der Waals surface area contributed by atoms with Crippen LogP contribution in [0.15, 0.2) is 30.9 Å². The molecule has 0 aliphatic rings. The zero-order chi connectivity index (χ0) is 10.6. The molecule has 1 aromatic rings. The maximum Gasteiger partial charge on any atom is 0.341 e.